The van der Waals surface area contributed by atoms with Crippen molar-refractivity contribution in [2.75, 3.05) is 13.2 Å². The molecule has 192 valence electrons. The van der Waals surface area contributed by atoms with Gasteiger partial charge in [0.25, 0.3) is 0 Å². The minimum atomic E-state index is -0.309. The zero-order valence-corrected chi connectivity index (χ0v) is 29.5. The van der Waals surface area contributed by atoms with E-state index in [-0.39, 0.29) is 5.41 Å². The van der Waals surface area contributed by atoms with Crippen LogP contribution in [0.15, 0.2) is 88.5 Å². The van der Waals surface area contributed by atoms with Crippen LogP contribution in [-0.4, -0.2) is 13.2 Å². The molecule has 0 aliphatic carbocycles. The Bertz CT molecular complexity index is 1440. The molecule has 0 aliphatic heterocycles. The van der Waals surface area contributed by atoms with E-state index in [2.05, 4.69) is 159 Å². The molecule has 0 radical (unpaired) electrons. The van der Waals surface area contributed by atoms with E-state index < -0.39 is 0 Å². The normalized spacial score (nSPS) is 11.7. The summed E-state index contributed by atoms with van der Waals surface area (Å²) in [5, 5.41) is 4.15. The van der Waals surface area contributed by atoms with Gasteiger partial charge < -0.3 is 9.47 Å². The van der Waals surface area contributed by atoms with E-state index in [9.17, 15) is 0 Å². The van der Waals surface area contributed by atoms with Crippen molar-refractivity contribution in [1.82, 2.24) is 0 Å². The quantitative estimate of drug-likeness (QED) is 0.164. The smallest absolute Gasteiger partial charge is 0.144 e. The van der Waals surface area contributed by atoms with Crippen molar-refractivity contribution >= 4 is 117 Å². The second-order valence-corrected chi connectivity index (χ2v) is 13.9. The predicted octanol–water partition coefficient (Wildman–Crippen LogP) is 12.0. The SMILES string of the molecule is C=CCOc1c(Br)c(Br)cc2cc(C(C)(C)c3cc(Br)c4c(OCC=C)c(Br)c(Br)cc4c3)cc(Br)c12. The van der Waals surface area contributed by atoms with Crippen LogP contribution in [0.2, 0.25) is 0 Å². The van der Waals surface area contributed by atoms with Gasteiger partial charge in [0.05, 0.1) is 8.95 Å². The molecule has 4 rings (SSSR count). The highest BCUT2D eigenvalue weighted by atomic mass is 79.9. The molecule has 0 atom stereocenters. The maximum absolute atomic E-state index is 6.04. The van der Waals surface area contributed by atoms with Crippen LogP contribution < -0.4 is 9.47 Å². The van der Waals surface area contributed by atoms with Gasteiger partial charge in [-0.25, -0.2) is 0 Å². The third-order valence-electron chi connectivity index (χ3n) is 6.21. The van der Waals surface area contributed by atoms with Gasteiger partial charge in [0.15, 0.2) is 0 Å². The van der Waals surface area contributed by atoms with Crippen LogP contribution in [0.3, 0.4) is 0 Å². The predicted molar refractivity (Wildman–Crippen MR) is 178 cm³/mol. The molecule has 0 N–H and O–H groups in total. The van der Waals surface area contributed by atoms with E-state index in [0.29, 0.717) is 13.2 Å². The Labute approximate surface area is 267 Å². The van der Waals surface area contributed by atoms with Crippen molar-refractivity contribution in [3.63, 3.8) is 0 Å². The number of fused-ring (bicyclic) bond motifs is 2. The lowest BCUT2D eigenvalue weighted by atomic mass is 9.77. The molecule has 0 saturated carbocycles. The van der Waals surface area contributed by atoms with Gasteiger partial charge in [0.1, 0.15) is 24.7 Å². The van der Waals surface area contributed by atoms with Crippen LogP contribution in [0.1, 0.15) is 25.0 Å². The first kappa shape index (κ1) is 29.3. The van der Waals surface area contributed by atoms with Crippen molar-refractivity contribution in [2.24, 2.45) is 0 Å². The molecule has 0 aromatic heterocycles. The van der Waals surface area contributed by atoms with Gasteiger partial charge in [-0.3, -0.25) is 0 Å². The molecule has 0 amide bonds. The standard InChI is InChI=1S/C29H22Br6O2/c1-5-7-36-27-23-15(11-21(32)25(27)34)9-17(13-19(23)30)29(3,4)18-10-16-12-22(33)26(35)28(37-8-6-2)24(16)20(31)14-18/h5-6,9-14H,1-2,7-8H2,3-4H3. The van der Waals surface area contributed by atoms with E-state index in [1.807, 2.05) is 0 Å². The molecular formula is C29H22Br6O2. The maximum Gasteiger partial charge on any atom is 0.144 e. The third-order valence-corrected chi connectivity index (χ3v) is 11.4. The second kappa shape index (κ2) is 11.8. The maximum atomic E-state index is 6.04. The molecule has 4 aromatic carbocycles. The van der Waals surface area contributed by atoms with Crippen molar-refractivity contribution in [1.29, 1.82) is 0 Å². The lowest BCUT2D eigenvalue weighted by molar-refractivity contribution is 0.365. The lowest BCUT2D eigenvalue weighted by Gasteiger charge is -2.28. The van der Waals surface area contributed by atoms with Crippen LogP contribution in [0.25, 0.3) is 21.5 Å². The molecule has 2 nitrogen and oxygen atoms in total. The summed E-state index contributed by atoms with van der Waals surface area (Å²) in [5.74, 6) is 1.55. The Balaban J connectivity index is 1.91. The Morgan fingerprint density at radius 1 is 0.622 bits per heavy atom. The first-order chi connectivity index (χ1) is 17.5. The Morgan fingerprint density at radius 2 is 1.00 bits per heavy atom. The van der Waals surface area contributed by atoms with Crippen LogP contribution >= 0.6 is 95.6 Å². The molecule has 0 aliphatic rings. The van der Waals surface area contributed by atoms with Crippen LogP contribution in [0.5, 0.6) is 11.5 Å². The van der Waals surface area contributed by atoms with E-state index in [4.69, 9.17) is 9.47 Å². The van der Waals surface area contributed by atoms with Gasteiger partial charge in [-0.05, 0) is 110 Å². The molecular weight excluding hydrogens is 860 g/mol. The fourth-order valence-corrected chi connectivity index (χ4v) is 7.26. The molecule has 0 bridgehead atoms. The van der Waals surface area contributed by atoms with Crippen LogP contribution in [0.4, 0.5) is 0 Å². The van der Waals surface area contributed by atoms with Gasteiger partial charge in [0.2, 0.25) is 0 Å². The van der Waals surface area contributed by atoms with Gasteiger partial charge in [-0.1, -0.05) is 83.2 Å². The average Bonchev–Trinajstić information content (AvgIpc) is 2.84. The van der Waals surface area contributed by atoms with Gasteiger partial charge >= 0.3 is 0 Å². The average molecular weight is 882 g/mol. The van der Waals surface area contributed by atoms with E-state index >= 15 is 0 Å². The molecule has 4 aromatic rings. The highest BCUT2D eigenvalue weighted by molar-refractivity contribution is 9.13. The lowest BCUT2D eigenvalue weighted by Crippen LogP contribution is -2.19. The summed E-state index contributed by atoms with van der Waals surface area (Å²) in [7, 11) is 0. The summed E-state index contributed by atoms with van der Waals surface area (Å²) >= 11 is 22.4. The summed E-state index contributed by atoms with van der Waals surface area (Å²) in [4.78, 5) is 0. The summed E-state index contributed by atoms with van der Waals surface area (Å²) in [6, 6.07) is 13.0. The molecule has 0 spiro atoms. The van der Waals surface area contributed by atoms with E-state index in [0.717, 1.165) is 59.9 Å². The number of hydrogen-bond acceptors (Lipinski definition) is 2. The zero-order valence-electron chi connectivity index (χ0n) is 20.0. The summed E-state index contributed by atoms with van der Waals surface area (Å²) in [6.45, 7) is 12.9. The van der Waals surface area contributed by atoms with Crippen molar-refractivity contribution in [3.8, 4) is 11.5 Å². The van der Waals surface area contributed by atoms with Gasteiger partial charge in [-0.2, -0.15) is 0 Å². The fourth-order valence-electron chi connectivity index (χ4n) is 4.24. The fraction of sp³-hybridized carbons (Fsp3) is 0.172. The molecule has 8 heteroatoms. The van der Waals surface area contributed by atoms with E-state index in [1.165, 1.54) is 11.1 Å². The van der Waals surface area contributed by atoms with Gasteiger partial charge in [-0.15, -0.1) is 0 Å². The summed E-state index contributed by atoms with van der Waals surface area (Å²) in [6.07, 6.45) is 3.49. The molecule has 0 heterocycles. The monoisotopic (exact) mass is 876 g/mol. The van der Waals surface area contributed by atoms with Gasteiger partial charge in [0, 0.05) is 34.1 Å². The van der Waals surface area contributed by atoms with Crippen molar-refractivity contribution < 1.29 is 9.47 Å². The first-order valence-electron chi connectivity index (χ1n) is 11.2. The molecule has 0 unspecified atom stereocenters. The molecule has 0 saturated heterocycles. The number of halogens is 6. The number of hydrogen-bond donors (Lipinski definition) is 0. The van der Waals surface area contributed by atoms with E-state index in [1.54, 1.807) is 12.2 Å². The largest absolute Gasteiger partial charge is 0.488 e. The number of benzene rings is 4. The van der Waals surface area contributed by atoms with Crippen LogP contribution in [-0.2, 0) is 5.41 Å². The minimum absolute atomic E-state index is 0.309. The Morgan fingerprint density at radius 3 is 1.35 bits per heavy atom. The third kappa shape index (κ3) is 5.66. The zero-order chi connectivity index (χ0) is 27.1. The Kier molecular flexibility index (Phi) is 9.40. The number of ether oxygens (including phenoxy) is 2. The summed E-state index contributed by atoms with van der Waals surface area (Å²) in [5.41, 5.74) is 2.03. The Hall–Kier alpha value is -0.640. The second-order valence-electron chi connectivity index (χ2n) is 8.94. The highest BCUT2D eigenvalue weighted by Gasteiger charge is 2.27. The summed E-state index contributed by atoms with van der Waals surface area (Å²) < 4.78 is 17.6. The molecule has 0 fully saturated rings. The van der Waals surface area contributed by atoms with Crippen molar-refractivity contribution in [3.05, 3.63) is 99.7 Å². The van der Waals surface area contributed by atoms with Crippen molar-refractivity contribution in [2.45, 2.75) is 19.3 Å². The topological polar surface area (TPSA) is 18.5 Å². The minimum Gasteiger partial charge on any atom is -0.488 e. The highest BCUT2D eigenvalue weighted by Crippen LogP contribution is 2.48. The number of rotatable bonds is 8. The molecule has 37 heavy (non-hydrogen) atoms. The first-order valence-corrected chi connectivity index (χ1v) is 16.0. The van der Waals surface area contributed by atoms with Crippen LogP contribution in [0, 0.1) is 0 Å².